The summed E-state index contributed by atoms with van der Waals surface area (Å²) in [7, 11) is 0. The normalized spacial score (nSPS) is 12.5. The van der Waals surface area contributed by atoms with Gasteiger partial charge in [0.1, 0.15) is 0 Å². The van der Waals surface area contributed by atoms with Crippen LogP contribution >= 0.6 is 11.3 Å². The second-order valence-electron chi connectivity index (χ2n) is 3.55. The second kappa shape index (κ2) is 5.82. The minimum absolute atomic E-state index is 0.0188. The van der Waals surface area contributed by atoms with Gasteiger partial charge in [-0.2, -0.15) is 0 Å². The highest BCUT2D eigenvalue weighted by atomic mass is 32.1. The van der Waals surface area contributed by atoms with Crippen LogP contribution in [0.15, 0.2) is 5.38 Å². The van der Waals surface area contributed by atoms with E-state index in [1.165, 1.54) is 0 Å². The number of hydrogen-bond acceptors (Lipinski definition) is 4. The maximum atomic E-state index is 11.5. The average molecular weight is 227 g/mol. The Balaban J connectivity index is 2.34. The van der Waals surface area contributed by atoms with E-state index in [9.17, 15) is 4.79 Å². The number of hydrogen-bond donors (Lipinski definition) is 2. The lowest BCUT2D eigenvalue weighted by Crippen LogP contribution is -2.30. The molecule has 0 bridgehead atoms. The van der Waals surface area contributed by atoms with E-state index in [2.05, 4.69) is 10.3 Å². The number of nitrogens with two attached hydrogens (primary N) is 1. The molecule has 0 fully saturated rings. The molecule has 1 rings (SSSR count). The van der Waals surface area contributed by atoms with E-state index in [0.717, 1.165) is 17.1 Å². The number of carbonyl (C=O) groups is 1. The third kappa shape index (κ3) is 3.97. The van der Waals surface area contributed by atoms with Crippen molar-refractivity contribution < 1.29 is 4.79 Å². The van der Waals surface area contributed by atoms with E-state index < -0.39 is 0 Å². The Morgan fingerprint density at radius 3 is 3.00 bits per heavy atom. The molecular formula is C10H17N3OS. The summed E-state index contributed by atoms with van der Waals surface area (Å²) in [5.41, 5.74) is 6.31. The first-order valence-electron chi connectivity index (χ1n) is 5.02. The van der Waals surface area contributed by atoms with Crippen molar-refractivity contribution in [3.05, 3.63) is 16.1 Å². The quantitative estimate of drug-likeness (QED) is 0.790. The zero-order valence-electron chi connectivity index (χ0n) is 9.12. The van der Waals surface area contributed by atoms with Crippen LogP contribution in [0.3, 0.4) is 0 Å². The van der Waals surface area contributed by atoms with Gasteiger partial charge in [0.05, 0.1) is 17.2 Å². The van der Waals surface area contributed by atoms with Gasteiger partial charge in [0.25, 0.3) is 0 Å². The van der Waals surface area contributed by atoms with Gasteiger partial charge in [-0.15, -0.1) is 11.3 Å². The first-order chi connectivity index (χ1) is 7.13. The highest BCUT2D eigenvalue weighted by Crippen LogP contribution is 2.08. The molecule has 1 heterocycles. The van der Waals surface area contributed by atoms with E-state index in [1.54, 1.807) is 11.3 Å². The van der Waals surface area contributed by atoms with Crippen LogP contribution in [0.25, 0.3) is 0 Å². The van der Waals surface area contributed by atoms with Crippen molar-refractivity contribution in [2.75, 3.05) is 6.54 Å². The molecule has 1 aromatic heterocycles. The summed E-state index contributed by atoms with van der Waals surface area (Å²) in [4.78, 5) is 15.8. The van der Waals surface area contributed by atoms with E-state index in [-0.39, 0.29) is 11.8 Å². The minimum atomic E-state index is -0.0188. The molecule has 1 aromatic rings. The van der Waals surface area contributed by atoms with Gasteiger partial charge < -0.3 is 11.1 Å². The zero-order valence-corrected chi connectivity index (χ0v) is 9.93. The summed E-state index contributed by atoms with van der Waals surface area (Å²) >= 11 is 1.59. The van der Waals surface area contributed by atoms with Crippen molar-refractivity contribution in [2.45, 2.75) is 26.8 Å². The SMILES string of the molecule is Cc1nc(CNC(=O)C(C)CCN)cs1. The summed E-state index contributed by atoms with van der Waals surface area (Å²) < 4.78 is 0. The molecule has 84 valence electrons. The molecule has 0 aliphatic rings. The molecule has 5 heteroatoms. The van der Waals surface area contributed by atoms with E-state index >= 15 is 0 Å². The lowest BCUT2D eigenvalue weighted by atomic mass is 10.1. The molecule has 0 aliphatic carbocycles. The van der Waals surface area contributed by atoms with Crippen LogP contribution in [0.1, 0.15) is 24.0 Å². The van der Waals surface area contributed by atoms with Gasteiger partial charge in [0.2, 0.25) is 5.91 Å². The van der Waals surface area contributed by atoms with Crippen molar-refractivity contribution >= 4 is 17.2 Å². The Hall–Kier alpha value is -0.940. The molecule has 4 nitrogen and oxygen atoms in total. The molecule has 0 aliphatic heterocycles. The Morgan fingerprint density at radius 1 is 1.73 bits per heavy atom. The molecule has 3 N–H and O–H groups in total. The smallest absolute Gasteiger partial charge is 0.223 e. The molecule has 1 amide bonds. The van der Waals surface area contributed by atoms with Crippen LogP contribution in [-0.2, 0) is 11.3 Å². The van der Waals surface area contributed by atoms with Crippen LogP contribution in [0, 0.1) is 12.8 Å². The maximum absolute atomic E-state index is 11.5. The number of thiazole rings is 1. The number of nitrogens with one attached hydrogen (secondary N) is 1. The van der Waals surface area contributed by atoms with E-state index in [1.807, 2.05) is 19.2 Å². The van der Waals surface area contributed by atoms with Crippen molar-refractivity contribution in [3.63, 3.8) is 0 Å². The number of nitrogens with zero attached hydrogens (tertiary/aromatic N) is 1. The summed E-state index contributed by atoms with van der Waals surface area (Å²) in [5, 5.41) is 5.83. The minimum Gasteiger partial charge on any atom is -0.350 e. The Bertz CT molecular complexity index is 324. The molecular weight excluding hydrogens is 210 g/mol. The Kier molecular flexibility index (Phi) is 4.71. The average Bonchev–Trinajstić information content (AvgIpc) is 2.61. The molecule has 0 saturated carbocycles. The second-order valence-corrected chi connectivity index (χ2v) is 4.62. The van der Waals surface area contributed by atoms with Crippen molar-refractivity contribution in [1.82, 2.24) is 10.3 Å². The number of amides is 1. The third-order valence-electron chi connectivity index (χ3n) is 2.16. The molecule has 15 heavy (non-hydrogen) atoms. The van der Waals surface area contributed by atoms with Gasteiger partial charge in [-0.05, 0) is 19.9 Å². The van der Waals surface area contributed by atoms with Crippen molar-refractivity contribution in [3.8, 4) is 0 Å². The van der Waals surface area contributed by atoms with Gasteiger partial charge in [0, 0.05) is 11.3 Å². The molecule has 0 saturated heterocycles. The van der Waals surface area contributed by atoms with Crippen molar-refractivity contribution in [2.24, 2.45) is 11.7 Å². The van der Waals surface area contributed by atoms with Crippen LogP contribution in [0.4, 0.5) is 0 Å². The van der Waals surface area contributed by atoms with Gasteiger partial charge >= 0.3 is 0 Å². The predicted molar refractivity (Wildman–Crippen MR) is 61.5 cm³/mol. The highest BCUT2D eigenvalue weighted by Gasteiger charge is 2.11. The predicted octanol–water partition coefficient (Wildman–Crippen LogP) is 1.05. The topological polar surface area (TPSA) is 68.0 Å². The summed E-state index contributed by atoms with van der Waals surface area (Å²) in [6, 6.07) is 0. The van der Waals surface area contributed by atoms with E-state index in [0.29, 0.717) is 13.1 Å². The fourth-order valence-corrected chi connectivity index (χ4v) is 1.84. The lowest BCUT2D eigenvalue weighted by Gasteiger charge is -2.09. The number of carbonyl (C=O) groups excluding carboxylic acids is 1. The first-order valence-corrected chi connectivity index (χ1v) is 5.90. The lowest BCUT2D eigenvalue weighted by molar-refractivity contribution is -0.124. The fraction of sp³-hybridized carbons (Fsp3) is 0.600. The van der Waals surface area contributed by atoms with Gasteiger partial charge in [0.15, 0.2) is 0 Å². The largest absolute Gasteiger partial charge is 0.350 e. The molecule has 0 radical (unpaired) electrons. The fourth-order valence-electron chi connectivity index (χ4n) is 1.22. The number of rotatable bonds is 5. The number of aryl methyl sites for hydroxylation is 1. The summed E-state index contributed by atoms with van der Waals surface area (Å²) in [6.07, 6.45) is 0.724. The summed E-state index contributed by atoms with van der Waals surface area (Å²) in [5.74, 6) is 0.0286. The zero-order chi connectivity index (χ0) is 11.3. The Labute approximate surface area is 93.9 Å². The van der Waals surface area contributed by atoms with Crippen molar-refractivity contribution in [1.29, 1.82) is 0 Å². The molecule has 1 unspecified atom stereocenters. The van der Waals surface area contributed by atoms with E-state index in [4.69, 9.17) is 5.73 Å². The van der Waals surface area contributed by atoms with Crippen LogP contribution in [0.5, 0.6) is 0 Å². The molecule has 1 atom stereocenters. The first kappa shape index (κ1) is 12.1. The van der Waals surface area contributed by atoms with Crippen LogP contribution in [0.2, 0.25) is 0 Å². The van der Waals surface area contributed by atoms with Gasteiger partial charge in [-0.25, -0.2) is 4.98 Å². The van der Waals surface area contributed by atoms with Gasteiger partial charge in [-0.1, -0.05) is 6.92 Å². The highest BCUT2D eigenvalue weighted by molar-refractivity contribution is 7.09. The maximum Gasteiger partial charge on any atom is 0.223 e. The monoisotopic (exact) mass is 227 g/mol. The standard InChI is InChI=1S/C10H17N3OS/c1-7(3-4-11)10(14)12-5-9-6-15-8(2)13-9/h6-7H,3-5,11H2,1-2H3,(H,12,14). The summed E-state index contributed by atoms with van der Waals surface area (Å²) in [6.45, 7) is 4.89. The third-order valence-corrected chi connectivity index (χ3v) is 2.98. The molecule has 0 spiro atoms. The van der Waals surface area contributed by atoms with Crippen LogP contribution in [-0.4, -0.2) is 17.4 Å². The Morgan fingerprint density at radius 2 is 2.47 bits per heavy atom. The van der Waals surface area contributed by atoms with Crippen LogP contribution < -0.4 is 11.1 Å². The number of aromatic nitrogens is 1. The molecule has 0 aromatic carbocycles. The van der Waals surface area contributed by atoms with Gasteiger partial charge in [-0.3, -0.25) is 4.79 Å².